The SMILES string of the molecule is COc1cccc(CN(C)C(=O)COC(=O)C(c2ccccc2)c2ccccc2)c1. The van der Waals surface area contributed by atoms with Crippen molar-refractivity contribution in [2.45, 2.75) is 12.5 Å². The van der Waals surface area contributed by atoms with Gasteiger partial charge in [0.15, 0.2) is 6.61 Å². The van der Waals surface area contributed by atoms with Gasteiger partial charge in [-0.25, -0.2) is 0 Å². The van der Waals surface area contributed by atoms with E-state index in [1.165, 1.54) is 4.90 Å². The minimum absolute atomic E-state index is 0.272. The van der Waals surface area contributed by atoms with Crippen LogP contribution in [0.15, 0.2) is 84.9 Å². The van der Waals surface area contributed by atoms with E-state index in [1.54, 1.807) is 14.2 Å². The molecule has 0 aliphatic carbocycles. The number of methoxy groups -OCH3 is 1. The Balaban J connectivity index is 1.65. The maximum atomic E-state index is 12.9. The van der Waals surface area contributed by atoms with Gasteiger partial charge in [-0.2, -0.15) is 0 Å². The number of likely N-dealkylation sites (N-methyl/N-ethyl adjacent to an activating group) is 1. The first-order valence-electron chi connectivity index (χ1n) is 9.72. The van der Waals surface area contributed by atoms with Crippen molar-refractivity contribution in [2.75, 3.05) is 20.8 Å². The quantitative estimate of drug-likeness (QED) is 0.533. The van der Waals surface area contributed by atoms with E-state index >= 15 is 0 Å². The third kappa shape index (κ3) is 5.47. The number of nitrogens with zero attached hydrogens (tertiary/aromatic N) is 1. The van der Waals surface area contributed by atoms with Crippen molar-refractivity contribution in [3.05, 3.63) is 102 Å². The lowest BCUT2D eigenvalue weighted by atomic mass is 9.91. The monoisotopic (exact) mass is 403 g/mol. The number of benzene rings is 3. The van der Waals surface area contributed by atoms with Crippen LogP contribution in [0.3, 0.4) is 0 Å². The number of amides is 1. The maximum absolute atomic E-state index is 12.9. The Morgan fingerprint density at radius 2 is 1.47 bits per heavy atom. The lowest BCUT2D eigenvalue weighted by Crippen LogP contribution is -2.31. The Kier molecular flexibility index (Phi) is 7.22. The molecule has 3 aromatic rings. The van der Waals surface area contributed by atoms with Crippen molar-refractivity contribution in [3.8, 4) is 5.75 Å². The zero-order chi connectivity index (χ0) is 21.3. The van der Waals surface area contributed by atoms with Gasteiger partial charge in [0.25, 0.3) is 5.91 Å². The summed E-state index contributed by atoms with van der Waals surface area (Å²) in [5, 5.41) is 0. The standard InChI is InChI=1S/C25H25NO4/c1-26(17-19-10-9-15-22(16-19)29-2)23(27)18-30-25(28)24(20-11-5-3-6-12-20)21-13-7-4-8-14-21/h3-16,24H,17-18H2,1-2H3. The van der Waals surface area contributed by atoms with E-state index in [9.17, 15) is 9.59 Å². The zero-order valence-electron chi connectivity index (χ0n) is 17.2. The fourth-order valence-electron chi connectivity index (χ4n) is 3.21. The molecule has 0 spiro atoms. The van der Waals surface area contributed by atoms with Crippen LogP contribution < -0.4 is 4.74 Å². The Morgan fingerprint density at radius 1 is 0.867 bits per heavy atom. The summed E-state index contributed by atoms with van der Waals surface area (Å²) in [4.78, 5) is 27.0. The van der Waals surface area contributed by atoms with Crippen molar-refractivity contribution in [2.24, 2.45) is 0 Å². The van der Waals surface area contributed by atoms with E-state index in [4.69, 9.17) is 9.47 Å². The topological polar surface area (TPSA) is 55.8 Å². The summed E-state index contributed by atoms with van der Waals surface area (Å²) in [5.41, 5.74) is 2.58. The van der Waals surface area contributed by atoms with Crippen LogP contribution in [0.25, 0.3) is 0 Å². The maximum Gasteiger partial charge on any atom is 0.318 e. The van der Waals surface area contributed by atoms with Gasteiger partial charge in [0.05, 0.1) is 7.11 Å². The lowest BCUT2D eigenvalue weighted by Gasteiger charge is -2.20. The minimum atomic E-state index is -0.580. The Labute approximate surface area is 176 Å². The van der Waals surface area contributed by atoms with Gasteiger partial charge in [-0.3, -0.25) is 9.59 Å². The van der Waals surface area contributed by atoms with Gasteiger partial charge in [-0.05, 0) is 28.8 Å². The summed E-state index contributed by atoms with van der Waals surface area (Å²) in [6.07, 6.45) is 0. The molecule has 5 heteroatoms. The molecule has 0 saturated carbocycles. The van der Waals surface area contributed by atoms with Gasteiger partial charge in [0.2, 0.25) is 0 Å². The van der Waals surface area contributed by atoms with Gasteiger partial charge in [0, 0.05) is 13.6 Å². The molecule has 0 aliphatic rings. The molecular formula is C25H25NO4. The number of hydrogen-bond donors (Lipinski definition) is 0. The number of esters is 1. The normalized spacial score (nSPS) is 10.5. The van der Waals surface area contributed by atoms with E-state index in [1.807, 2.05) is 84.9 Å². The fraction of sp³-hybridized carbons (Fsp3) is 0.200. The molecule has 0 unspecified atom stereocenters. The summed E-state index contributed by atoms with van der Waals surface area (Å²) in [7, 11) is 3.28. The summed E-state index contributed by atoms with van der Waals surface area (Å²) in [6.45, 7) is 0.0872. The van der Waals surface area contributed by atoms with E-state index in [-0.39, 0.29) is 12.5 Å². The van der Waals surface area contributed by atoms with Crippen molar-refractivity contribution in [1.29, 1.82) is 0 Å². The summed E-state index contributed by atoms with van der Waals surface area (Å²) < 4.78 is 10.6. The van der Waals surface area contributed by atoms with Crippen molar-refractivity contribution >= 4 is 11.9 Å². The highest BCUT2D eigenvalue weighted by Crippen LogP contribution is 2.26. The molecule has 0 aliphatic heterocycles. The average molecular weight is 403 g/mol. The first-order chi connectivity index (χ1) is 14.6. The molecule has 0 heterocycles. The van der Waals surface area contributed by atoms with Crippen LogP contribution in [0.1, 0.15) is 22.6 Å². The molecule has 0 saturated heterocycles. The molecule has 0 atom stereocenters. The third-order valence-electron chi connectivity index (χ3n) is 4.82. The van der Waals surface area contributed by atoms with Crippen LogP contribution >= 0.6 is 0 Å². The van der Waals surface area contributed by atoms with Crippen molar-refractivity contribution in [3.63, 3.8) is 0 Å². The van der Waals surface area contributed by atoms with E-state index in [0.29, 0.717) is 6.54 Å². The van der Waals surface area contributed by atoms with Gasteiger partial charge >= 0.3 is 5.97 Å². The van der Waals surface area contributed by atoms with Gasteiger partial charge in [-0.15, -0.1) is 0 Å². The fourth-order valence-corrected chi connectivity index (χ4v) is 3.21. The molecule has 0 aromatic heterocycles. The van der Waals surface area contributed by atoms with Gasteiger partial charge < -0.3 is 14.4 Å². The molecule has 30 heavy (non-hydrogen) atoms. The van der Waals surface area contributed by atoms with E-state index < -0.39 is 11.9 Å². The van der Waals surface area contributed by atoms with Crippen LogP contribution in [0.4, 0.5) is 0 Å². The smallest absolute Gasteiger partial charge is 0.318 e. The summed E-state index contributed by atoms with van der Waals surface area (Å²) in [5.74, 6) is -0.571. The highest BCUT2D eigenvalue weighted by atomic mass is 16.5. The second-order valence-electron chi connectivity index (χ2n) is 6.96. The molecule has 5 nitrogen and oxygen atoms in total. The van der Waals surface area contributed by atoms with Crippen molar-refractivity contribution < 1.29 is 19.1 Å². The number of carbonyl (C=O) groups excluding carboxylic acids is 2. The molecule has 1 amide bonds. The Bertz CT molecular complexity index is 933. The van der Waals surface area contributed by atoms with Crippen LogP contribution in [-0.2, 0) is 20.9 Å². The minimum Gasteiger partial charge on any atom is -0.497 e. The van der Waals surface area contributed by atoms with E-state index in [0.717, 1.165) is 22.4 Å². The second kappa shape index (κ2) is 10.3. The molecule has 0 radical (unpaired) electrons. The zero-order valence-corrected chi connectivity index (χ0v) is 17.2. The largest absolute Gasteiger partial charge is 0.497 e. The van der Waals surface area contributed by atoms with Gasteiger partial charge in [0.1, 0.15) is 11.7 Å². The number of rotatable bonds is 8. The molecule has 154 valence electrons. The van der Waals surface area contributed by atoms with Crippen LogP contribution in [0.2, 0.25) is 0 Å². The summed E-state index contributed by atoms with van der Waals surface area (Å²) >= 11 is 0. The Hall–Kier alpha value is -3.60. The van der Waals surface area contributed by atoms with Crippen LogP contribution in [-0.4, -0.2) is 37.5 Å². The first kappa shape index (κ1) is 21.1. The second-order valence-corrected chi connectivity index (χ2v) is 6.96. The highest BCUT2D eigenvalue weighted by Gasteiger charge is 2.25. The van der Waals surface area contributed by atoms with Crippen LogP contribution in [0.5, 0.6) is 5.75 Å². The molecular weight excluding hydrogens is 378 g/mol. The Morgan fingerprint density at radius 3 is 2.03 bits per heavy atom. The predicted molar refractivity (Wildman–Crippen MR) is 115 cm³/mol. The van der Waals surface area contributed by atoms with E-state index in [2.05, 4.69) is 0 Å². The van der Waals surface area contributed by atoms with Crippen molar-refractivity contribution in [1.82, 2.24) is 4.90 Å². The van der Waals surface area contributed by atoms with Crippen LogP contribution in [0, 0.1) is 0 Å². The summed E-state index contributed by atoms with van der Waals surface area (Å²) in [6, 6.07) is 26.4. The molecule has 0 bridgehead atoms. The molecule has 0 N–H and O–H groups in total. The molecule has 0 fully saturated rings. The highest BCUT2D eigenvalue weighted by molar-refractivity contribution is 5.85. The number of hydrogen-bond acceptors (Lipinski definition) is 4. The third-order valence-corrected chi connectivity index (χ3v) is 4.82. The van der Waals surface area contributed by atoms with Gasteiger partial charge in [-0.1, -0.05) is 72.8 Å². The predicted octanol–water partition coefficient (Wildman–Crippen LogP) is 4.03. The number of ether oxygens (including phenoxy) is 2. The number of carbonyl (C=O) groups is 2. The molecule has 3 rings (SSSR count). The molecule has 3 aromatic carbocycles. The lowest BCUT2D eigenvalue weighted by molar-refractivity contribution is -0.152. The first-order valence-corrected chi connectivity index (χ1v) is 9.72. The average Bonchev–Trinajstić information content (AvgIpc) is 2.79.